The van der Waals surface area contributed by atoms with Crippen molar-refractivity contribution in [2.24, 2.45) is 11.7 Å². The Morgan fingerprint density at radius 2 is 2.19 bits per heavy atom. The first kappa shape index (κ1) is 11.6. The summed E-state index contributed by atoms with van der Waals surface area (Å²) in [5.74, 6) is 0.800. The SMILES string of the molecule is NC(CCCc1cccnc1)C1CCCC1. The predicted octanol–water partition coefficient (Wildman–Crippen LogP) is 2.92. The molecule has 1 aliphatic rings. The predicted molar refractivity (Wildman–Crippen MR) is 67.1 cm³/mol. The van der Waals surface area contributed by atoms with Crippen molar-refractivity contribution in [1.82, 2.24) is 4.98 Å². The van der Waals surface area contributed by atoms with Crippen LogP contribution in [0.4, 0.5) is 0 Å². The van der Waals surface area contributed by atoms with E-state index in [9.17, 15) is 0 Å². The quantitative estimate of drug-likeness (QED) is 0.825. The van der Waals surface area contributed by atoms with E-state index >= 15 is 0 Å². The summed E-state index contributed by atoms with van der Waals surface area (Å²) in [5.41, 5.74) is 7.56. The van der Waals surface area contributed by atoms with E-state index in [-0.39, 0.29) is 0 Å². The Labute approximate surface area is 98.3 Å². The van der Waals surface area contributed by atoms with Crippen molar-refractivity contribution in [2.45, 2.75) is 51.0 Å². The van der Waals surface area contributed by atoms with Gasteiger partial charge in [0.2, 0.25) is 0 Å². The molecule has 88 valence electrons. The van der Waals surface area contributed by atoms with Crippen molar-refractivity contribution >= 4 is 0 Å². The summed E-state index contributed by atoms with van der Waals surface area (Å²) in [4.78, 5) is 4.13. The lowest BCUT2D eigenvalue weighted by Crippen LogP contribution is -2.28. The fraction of sp³-hybridized carbons (Fsp3) is 0.643. The Morgan fingerprint density at radius 3 is 2.88 bits per heavy atom. The van der Waals surface area contributed by atoms with Crippen molar-refractivity contribution < 1.29 is 0 Å². The summed E-state index contributed by atoms with van der Waals surface area (Å²) < 4.78 is 0. The first-order valence-electron chi connectivity index (χ1n) is 6.51. The molecule has 1 unspecified atom stereocenters. The van der Waals surface area contributed by atoms with Gasteiger partial charge in [0, 0.05) is 18.4 Å². The van der Waals surface area contributed by atoms with Gasteiger partial charge in [-0.2, -0.15) is 0 Å². The van der Waals surface area contributed by atoms with E-state index in [4.69, 9.17) is 5.73 Å². The molecule has 1 fully saturated rings. The average molecular weight is 218 g/mol. The molecule has 0 amide bonds. The van der Waals surface area contributed by atoms with Crippen LogP contribution < -0.4 is 5.73 Å². The number of rotatable bonds is 5. The molecule has 0 aromatic carbocycles. The van der Waals surface area contributed by atoms with Crippen LogP contribution in [0.25, 0.3) is 0 Å². The molecule has 1 aromatic heterocycles. The lowest BCUT2D eigenvalue weighted by Gasteiger charge is -2.18. The van der Waals surface area contributed by atoms with E-state index < -0.39 is 0 Å². The Balaban J connectivity index is 1.67. The summed E-state index contributed by atoms with van der Waals surface area (Å²) in [7, 11) is 0. The molecule has 16 heavy (non-hydrogen) atoms. The third-order valence-electron chi connectivity index (χ3n) is 3.73. The second-order valence-electron chi connectivity index (χ2n) is 4.96. The second kappa shape index (κ2) is 6.00. The fourth-order valence-electron chi connectivity index (χ4n) is 2.71. The van der Waals surface area contributed by atoms with Crippen LogP contribution in [0.15, 0.2) is 24.5 Å². The lowest BCUT2D eigenvalue weighted by molar-refractivity contribution is 0.402. The summed E-state index contributed by atoms with van der Waals surface area (Å²) in [6.45, 7) is 0. The molecule has 0 radical (unpaired) electrons. The molecule has 2 nitrogen and oxygen atoms in total. The largest absolute Gasteiger partial charge is 0.327 e. The Bertz CT molecular complexity index is 291. The zero-order valence-electron chi connectivity index (χ0n) is 9.94. The van der Waals surface area contributed by atoms with Gasteiger partial charge in [-0.1, -0.05) is 18.9 Å². The minimum atomic E-state index is 0.430. The Kier molecular flexibility index (Phi) is 4.34. The number of hydrogen-bond acceptors (Lipinski definition) is 2. The van der Waals surface area contributed by atoms with Crippen LogP contribution in [-0.4, -0.2) is 11.0 Å². The van der Waals surface area contributed by atoms with Crippen molar-refractivity contribution in [3.8, 4) is 0 Å². The van der Waals surface area contributed by atoms with E-state index in [0.717, 1.165) is 12.3 Å². The van der Waals surface area contributed by atoms with E-state index in [1.165, 1.54) is 44.1 Å². The van der Waals surface area contributed by atoms with Crippen molar-refractivity contribution in [3.63, 3.8) is 0 Å². The molecule has 1 saturated carbocycles. The molecule has 2 rings (SSSR count). The number of hydrogen-bond donors (Lipinski definition) is 1. The first-order chi connectivity index (χ1) is 7.86. The average Bonchev–Trinajstić information content (AvgIpc) is 2.84. The summed E-state index contributed by atoms with van der Waals surface area (Å²) in [5, 5.41) is 0. The molecule has 1 atom stereocenters. The van der Waals surface area contributed by atoms with Crippen molar-refractivity contribution in [1.29, 1.82) is 0 Å². The monoisotopic (exact) mass is 218 g/mol. The summed E-state index contributed by atoms with van der Waals surface area (Å²) in [6.07, 6.45) is 12.8. The molecule has 2 N–H and O–H groups in total. The molecule has 2 heteroatoms. The van der Waals surface area contributed by atoms with Crippen molar-refractivity contribution in [2.75, 3.05) is 0 Å². The fourth-order valence-corrected chi connectivity index (χ4v) is 2.71. The van der Waals surface area contributed by atoms with Gasteiger partial charge in [-0.25, -0.2) is 0 Å². The van der Waals surface area contributed by atoms with Gasteiger partial charge in [-0.3, -0.25) is 4.98 Å². The number of nitrogens with two attached hydrogens (primary N) is 1. The maximum absolute atomic E-state index is 6.23. The molecular formula is C14H22N2. The van der Waals surface area contributed by atoms with E-state index in [0.29, 0.717) is 6.04 Å². The minimum Gasteiger partial charge on any atom is -0.327 e. The van der Waals surface area contributed by atoms with Crippen LogP contribution in [0, 0.1) is 5.92 Å². The van der Waals surface area contributed by atoms with Crippen molar-refractivity contribution in [3.05, 3.63) is 30.1 Å². The van der Waals surface area contributed by atoms with Gasteiger partial charge in [0.25, 0.3) is 0 Å². The molecular weight excluding hydrogens is 196 g/mol. The number of aryl methyl sites for hydroxylation is 1. The van der Waals surface area contributed by atoms with Gasteiger partial charge in [-0.05, 0) is 49.7 Å². The number of nitrogens with zero attached hydrogens (tertiary/aromatic N) is 1. The standard InChI is InChI=1S/C14H22N2/c15-14(13-7-1-2-8-13)9-3-5-12-6-4-10-16-11-12/h4,6,10-11,13-14H,1-3,5,7-9,15H2. The third kappa shape index (κ3) is 3.31. The van der Waals surface area contributed by atoms with Gasteiger partial charge in [0.05, 0.1) is 0 Å². The molecule has 1 aliphatic carbocycles. The highest BCUT2D eigenvalue weighted by atomic mass is 14.7. The van der Waals surface area contributed by atoms with Gasteiger partial charge in [-0.15, -0.1) is 0 Å². The highest BCUT2D eigenvalue weighted by Crippen LogP contribution is 2.28. The van der Waals surface area contributed by atoms with Crippen LogP contribution in [0.3, 0.4) is 0 Å². The van der Waals surface area contributed by atoms with Gasteiger partial charge in [0.1, 0.15) is 0 Å². The molecule has 1 aromatic rings. The molecule has 0 aliphatic heterocycles. The third-order valence-corrected chi connectivity index (χ3v) is 3.73. The summed E-state index contributed by atoms with van der Waals surface area (Å²) in [6, 6.07) is 4.58. The maximum Gasteiger partial charge on any atom is 0.0299 e. The molecule has 0 saturated heterocycles. The molecule has 1 heterocycles. The second-order valence-corrected chi connectivity index (χ2v) is 4.96. The first-order valence-corrected chi connectivity index (χ1v) is 6.51. The van der Waals surface area contributed by atoms with Gasteiger partial charge >= 0.3 is 0 Å². The molecule has 0 spiro atoms. The van der Waals surface area contributed by atoms with Crippen LogP contribution in [0.5, 0.6) is 0 Å². The van der Waals surface area contributed by atoms with E-state index in [2.05, 4.69) is 11.1 Å². The van der Waals surface area contributed by atoms with Crippen LogP contribution in [0.2, 0.25) is 0 Å². The minimum absolute atomic E-state index is 0.430. The molecule has 0 bridgehead atoms. The Hall–Kier alpha value is -0.890. The van der Waals surface area contributed by atoms with Crippen LogP contribution in [-0.2, 0) is 6.42 Å². The normalized spacial score (nSPS) is 18.8. The zero-order valence-corrected chi connectivity index (χ0v) is 9.94. The van der Waals surface area contributed by atoms with Gasteiger partial charge in [0.15, 0.2) is 0 Å². The zero-order chi connectivity index (χ0) is 11.2. The van der Waals surface area contributed by atoms with Gasteiger partial charge < -0.3 is 5.73 Å². The van der Waals surface area contributed by atoms with E-state index in [1.807, 2.05) is 18.5 Å². The highest BCUT2D eigenvalue weighted by Gasteiger charge is 2.21. The van der Waals surface area contributed by atoms with E-state index in [1.54, 1.807) is 0 Å². The number of aromatic nitrogens is 1. The Morgan fingerprint density at radius 1 is 1.38 bits per heavy atom. The number of pyridine rings is 1. The van der Waals surface area contributed by atoms with Crippen LogP contribution >= 0.6 is 0 Å². The van der Waals surface area contributed by atoms with Crippen LogP contribution in [0.1, 0.15) is 44.1 Å². The highest BCUT2D eigenvalue weighted by molar-refractivity contribution is 5.08. The smallest absolute Gasteiger partial charge is 0.0299 e. The maximum atomic E-state index is 6.23. The summed E-state index contributed by atoms with van der Waals surface area (Å²) >= 11 is 0. The topological polar surface area (TPSA) is 38.9 Å². The lowest BCUT2D eigenvalue weighted by atomic mass is 9.94.